The summed E-state index contributed by atoms with van der Waals surface area (Å²) in [5, 5.41) is 3.46. The Morgan fingerprint density at radius 3 is 2.88 bits per heavy atom. The number of carbonyl (C=O) groups is 1. The van der Waals surface area contributed by atoms with Gasteiger partial charge < -0.3 is 10.1 Å². The average Bonchev–Trinajstić information content (AvgIpc) is 3.44. The van der Waals surface area contributed by atoms with Crippen molar-refractivity contribution in [2.75, 3.05) is 18.9 Å². The summed E-state index contributed by atoms with van der Waals surface area (Å²) in [7, 11) is 2.08. The molecule has 0 spiro atoms. The van der Waals surface area contributed by atoms with Gasteiger partial charge in [0.2, 0.25) is 11.8 Å². The molecule has 1 atom stereocenters. The summed E-state index contributed by atoms with van der Waals surface area (Å²) >= 11 is 1.49. The van der Waals surface area contributed by atoms with Crippen LogP contribution >= 0.6 is 11.3 Å². The van der Waals surface area contributed by atoms with E-state index in [2.05, 4.69) is 27.2 Å². The number of likely N-dealkylation sites (tertiary alicyclic amines) is 1. The summed E-state index contributed by atoms with van der Waals surface area (Å²) < 4.78 is 20.7. The Kier molecular flexibility index (Phi) is 6.12. The Balaban J connectivity index is 1.25. The highest BCUT2D eigenvalue weighted by Crippen LogP contribution is 2.43. The van der Waals surface area contributed by atoms with Crippen molar-refractivity contribution in [2.24, 2.45) is 0 Å². The number of nitrogens with one attached hydrogen (secondary N) is 1. The quantitative estimate of drug-likeness (QED) is 0.491. The van der Waals surface area contributed by atoms with Gasteiger partial charge in [-0.3, -0.25) is 9.69 Å². The Morgan fingerprint density at radius 2 is 2.15 bits per heavy atom. The number of amides is 1. The SMILES string of the molecule is Cc1sc(NC(=O)Cc2ccc(Oc3ncccc3C3CCCN3C)c(F)c2)nc1C1CC1. The second kappa shape index (κ2) is 9.19. The predicted octanol–water partition coefficient (Wildman–Crippen LogP) is 5.60. The maximum absolute atomic E-state index is 14.8. The molecule has 172 valence electrons. The number of pyridine rings is 1. The smallest absolute Gasteiger partial charge is 0.230 e. The highest BCUT2D eigenvalue weighted by molar-refractivity contribution is 7.15. The fourth-order valence-corrected chi connectivity index (χ4v) is 5.35. The van der Waals surface area contributed by atoms with E-state index >= 15 is 0 Å². The molecule has 2 aliphatic rings. The molecular formula is C25H27FN4O2S. The number of hydrogen-bond donors (Lipinski definition) is 1. The lowest BCUT2D eigenvalue weighted by Gasteiger charge is -2.21. The maximum atomic E-state index is 14.8. The van der Waals surface area contributed by atoms with E-state index in [-0.39, 0.29) is 24.1 Å². The van der Waals surface area contributed by atoms with Crippen LogP contribution in [-0.4, -0.2) is 34.4 Å². The van der Waals surface area contributed by atoms with Gasteiger partial charge in [-0.25, -0.2) is 14.4 Å². The third-order valence-corrected chi connectivity index (χ3v) is 7.19. The lowest BCUT2D eigenvalue weighted by Crippen LogP contribution is -2.18. The van der Waals surface area contributed by atoms with Crippen molar-refractivity contribution in [1.82, 2.24) is 14.9 Å². The van der Waals surface area contributed by atoms with E-state index < -0.39 is 5.82 Å². The second-order valence-corrected chi connectivity index (χ2v) is 10.1. The zero-order chi connectivity index (χ0) is 22.9. The molecule has 5 rings (SSSR count). The molecule has 1 amide bonds. The molecule has 1 N–H and O–H groups in total. The van der Waals surface area contributed by atoms with E-state index in [4.69, 9.17) is 4.74 Å². The Labute approximate surface area is 196 Å². The summed E-state index contributed by atoms with van der Waals surface area (Å²) in [6.07, 6.45) is 6.20. The minimum absolute atomic E-state index is 0.0658. The Morgan fingerprint density at radius 1 is 1.30 bits per heavy atom. The highest BCUT2D eigenvalue weighted by Gasteiger charge is 2.29. The molecule has 1 saturated heterocycles. The molecule has 33 heavy (non-hydrogen) atoms. The van der Waals surface area contributed by atoms with Gasteiger partial charge in [0.15, 0.2) is 16.7 Å². The van der Waals surface area contributed by atoms with Crippen LogP contribution in [0.25, 0.3) is 0 Å². The molecule has 6 nitrogen and oxygen atoms in total. The van der Waals surface area contributed by atoms with Crippen LogP contribution in [0.2, 0.25) is 0 Å². The van der Waals surface area contributed by atoms with E-state index in [0.29, 0.717) is 22.5 Å². The zero-order valence-electron chi connectivity index (χ0n) is 18.8. The molecule has 0 bridgehead atoms. The van der Waals surface area contributed by atoms with Crippen molar-refractivity contribution in [2.45, 2.75) is 51.0 Å². The van der Waals surface area contributed by atoms with Gasteiger partial charge in [0, 0.05) is 28.6 Å². The number of carbonyl (C=O) groups excluding carboxylic acids is 1. The van der Waals surface area contributed by atoms with Gasteiger partial charge in [-0.05, 0) is 70.0 Å². The monoisotopic (exact) mass is 466 g/mol. The van der Waals surface area contributed by atoms with Gasteiger partial charge in [-0.15, -0.1) is 11.3 Å². The Hall–Kier alpha value is -2.84. The normalized spacial score (nSPS) is 18.5. The van der Waals surface area contributed by atoms with E-state index in [1.807, 2.05) is 19.1 Å². The molecule has 0 radical (unpaired) electrons. The Bertz CT molecular complexity index is 1180. The summed E-state index contributed by atoms with van der Waals surface area (Å²) in [6.45, 7) is 3.05. The molecule has 3 aromatic rings. The number of aryl methyl sites for hydroxylation is 1. The van der Waals surface area contributed by atoms with Crippen LogP contribution in [0.15, 0.2) is 36.5 Å². The van der Waals surface area contributed by atoms with Crippen LogP contribution in [0.3, 0.4) is 0 Å². The van der Waals surface area contributed by atoms with Gasteiger partial charge in [-0.1, -0.05) is 12.1 Å². The number of thiazole rings is 1. The van der Waals surface area contributed by atoms with E-state index in [0.717, 1.165) is 35.5 Å². The van der Waals surface area contributed by atoms with Crippen LogP contribution in [-0.2, 0) is 11.2 Å². The fourth-order valence-electron chi connectivity index (χ4n) is 4.43. The summed E-state index contributed by atoms with van der Waals surface area (Å²) in [6, 6.07) is 8.71. The predicted molar refractivity (Wildman–Crippen MR) is 126 cm³/mol. The molecule has 1 aliphatic carbocycles. The van der Waals surface area contributed by atoms with Crippen molar-refractivity contribution in [3.05, 3.63) is 64.0 Å². The van der Waals surface area contributed by atoms with Crippen molar-refractivity contribution in [3.8, 4) is 11.6 Å². The van der Waals surface area contributed by atoms with E-state index in [9.17, 15) is 9.18 Å². The molecular weight excluding hydrogens is 439 g/mol. The molecule has 8 heteroatoms. The van der Waals surface area contributed by atoms with Crippen molar-refractivity contribution < 1.29 is 13.9 Å². The first kappa shape index (κ1) is 22.0. The first-order chi connectivity index (χ1) is 16.0. The molecule has 2 aromatic heterocycles. The lowest BCUT2D eigenvalue weighted by atomic mass is 10.1. The van der Waals surface area contributed by atoms with Gasteiger partial charge in [0.1, 0.15) is 0 Å². The third-order valence-electron chi connectivity index (χ3n) is 6.29. The standard InChI is InChI=1S/C25H27FN4O2S/c1-15-23(17-8-9-17)29-25(33-15)28-22(31)14-16-7-10-21(19(26)13-16)32-24-18(5-3-11-27-24)20-6-4-12-30(20)2/h3,5,7,10-11,13,17,20H,4,6,8-9,12,14H2,1-2H3,(H,28,29,31). The van der Waals surface area contributed by atoms with Gasteiger partial charge in [0.05, 0.1) is 12.1 Å². The number of rotatable bonds is 7. The van der Waals surface area contributed by atoms with Crippen LogP contribution in [0.5, 0.6) is 11.6 Å². The summed E-state index contributed by atoms with van der Waals surface area (Å²) in [5.74, 6) is 0.339. The van der Waals surface area contributed by atoms with Crippen LogP contribution < -0.4 is 10.1 Å². The van der Waals surface area contributed by atoms with Gasteiger partial charge in [-0.2, -0.15) is 0 Å². The van der Waals surface area contributed by atoms with Crippen molar-refractivity contribution >= 4 is 22.4 Å². The number of ether oxygens (including phenoxy) is 1. The largest absolute Gasteiger partial charge is 0.436 e. The number of anilines is 1. The number of benzene rings is 1. The van der Waals surface area contributed by atoms with Crippen molar-refractivity contribution in [1.29, 1.82) is 0 Å². The third kappa shape index (κ3) is 4.91. The van der Waals surface area contributed by atoms with Crippen LogP contribution in [0.4, 0.5) is 9.52 Å². The second-order valence-electron chi connectivity index (χ2n) is 8.86. The molecule has 1 unspecified atom stereocenters. The zero-order valence-corrected chi connectivity index (χ0v) is 19.6. The lowest BCUT2D eigenvalue weighted by molar-refractivity contribution is -0.115. The van der Waals surface area contributed by atoms with Gasteiger partial charge in [0.25, 0.3) is 0 Å². The summed E-state index contributed by atoms with van der Waals surface area (Å²) in [5.41, 5.74) is 2.63. The number of halogens is 1. The highest BCUT2D eigenvalue weighted by atomic mass is 32.1. The molecule has 2 fully saturated rings. The topological polar surface area (TPSA) is 67.3 Å². The fraction of sp³-hybridized carbons (Fsp3) is 0.400. The molecule has 1 aliphatic heterocycles. The van der Waals surface area contributed by atoms with Crippen molar-refractivity contribution in [3.63, 3.8) is 0 Å². The minimum Gasteiger partial charge on any atom is -0.436 e. The molecule has 1 aromatic carbocycles. The molecule has 3 heterocycles. The number of nitrogens with zero attached hydrogens (tertiary/aromatic N) is 3. The van der Waals surface area contributed by atoms with Gasteiger partial charge >= 0.3 is 0 Å². The number of hydrogen-bond acceptors (Lipinski definition) is 6. The maximum Gasteiger partial charge on any atom is 0.230 e. The minimum atomic E-state index is -0.516. The molecule has 1 saturated carbocycles. The first-order valence-corrected chi connectivity index (χ1v) is 12.2. The first-order valence-electron chi connectivity index (χ1n) is 11.4. The van der Waals surface area contributed by atoms with Crippen LogP contribution in [0, 0.1) is 12.7 Å². The average molecular weight is 467 g/mol. The van der Waals surface area contributed by atoms with E-state index in [1.54, 1.807) is 18.3 Å². The van der Waals surface area contributed by atoms with E-state index in [1.165, 1.54) is 30.2 Å². The summed E-state index contributed by atoms with van der Waals surface area (Å²) in [4.78, 5) is 24.8. The van der Waals surface area contributed by atoms with Crippen LogP contribution in [0.1, 0.15) is 59.3 Å². The number of aromatic nitrogens is 2.